The van der Waals surface area contributed by atoms with Gasteiger partial charge in [0.15, 0.2) is 0 Å². The highest BCUT2D eigenvalue weighted by Gasteiger charge is 2.21. The lowest BCUT2D eigenvalue weighted by Gasteiger charge is -2.17. The summed E-state index contributed by atoms with van der Waals surface area (Å²) in [4.78, 5) is 24.3. The molecular weight excluding hydrogens is 466 g/mol. The maximum atomic E-state index is 13.0. The minimum Gasteiger partial charge on any atom is -0.392 e. The molecule has 9 heteroatoms. The molecule has 0 unspecified atom stereocenters. The van der Waals surface area contributed by atoms with Crippen molar-refractivity contribution < 1.29 is 9.90 Å². The summed E-state index contributed by atoms with van der Waals surface area (Å²) in [6, 6.07) is 13.6. The van der Waals surface area contributed by atoms with Crippen molar-refractivity contribution >= 4 is 28.6 Å². The molecule has 0 saturated carbocycles. The van der Waals surface area contributed by atoms with Gasteiger partial charge in [-0.1, -0.05) is 18.2 Å². The van der Waals surface area contributed by atoms with Gasteiger partial charge < -0.3 is 15.7 Å². The summed E-state index contributed by atoms with van der Waals surface area (Å²) in [5.74, 6) is 0.502. The predicted molar refractivity (Wildman–Crippen MR) is 145 cm³/mol. The van der Waals surface area contributed by atoms with Crippen molar-refractivity contribution in [1.29, 1.82) is 0 Å². The van der Waals surface area contributed by atoms with Gasteiger partial charge in [-0.25, -0.2) is 9.97 Å². The summed E-state index contributed by atoms with van der Waals surface area (Å²) in [6.07, 6.45) is 4.18. The molecule has 5 rings (SSSR count). The monoisotopic (exact) mass is 499 g/mol. The number of fused-ring (bicyclic) bond motifs is 1. The second-order valence-corrected chi connectivity index (χ2v) is 9.71. The summed E-state index contributed by atoms with van der Waals surface area (Å²) in [7, 11) is 0. The van der Waals surface area contributed by atoms with Crippen molar-refractivity contribution in [3.05, 3.63) is 77.1 Å². The maximum Gasteiger partial charge on any atom is 0.255 e. The second-order valence-electron chi connectivity index (χ2n) is 9.71. The van der Waals surface area contributed by atoms with Gasteiger partial charge in [0.25, 0.3) is 5.91 Å². The Balaban J connectivity index is 1.23. The number of hydrogen-bond acceptors (Lipinski definition) is 7. The van der Waals surface area contributed by atoms with Crippen LogP contribution >= 0.6 is 0 Å². The Kier molecular flexibility index (Phi) is 7.16. The molecule has 1 aliphatic heterocycles. The van der Waals surface area contributed by atoms with Crippen molar-refractivity contribution in [2.45, 2.75) is 52.4 Å². The van der Waals surface area contributed by atoms with Gasteiger partial charge in [-0.05, 0) is 68.1 Å². The molecule has 37 heavy (non-hydrogen) atoms. The van der Waals surface area contributed by atoms with Crippen LogP contribution in [-0.2, 0) is 13.1 Å². The third-order valence-corrected chi connectivity index (χ3v) is 6.85. The number of anilines is 2. The Hall–Kier alpha value is -3.82. The zero-order chi connectivity index (χ0) is 25.9. The standard InChI is InChI=1S/C28H33N7O2/c1-4-35-17-25-27(33-35)32-26(14-29-25)30-19(3)20-6-5-7-23(13-20)31-28(37)21-8-9-22(18(2)12-21)15-34-11-10-24(36)16-34/h5-9,12-14,17,19,24,36H,4,10-11,15-16H2,1-3H3,(H,31,37)(H,30,32,33)/t19-,24+/m0/s1. The Bertz CT molecular complexity index is 1420. The van der Waals surface area contributed by atoms with Crippen molar-refractivity contribution in [3.63, 3.8) is 0 Å². The van der Waals surface area contributed by atoms with E-state index in [-0.39, 0.29) is 18.1 Å². The fraction of sp³-hybridized carbons (Fsp3) is 0.357. The first-order chi connectivity index (χ1) is 17.9. The van der Waals surface area contributed by atoms with Crippen LogP contribution in [0.15, 0.2) is 54.9 Å². The normalized spacial score (nSPS) is 16.7. The van der Waals surface area contributed by atoms with E-state index in [9.17, 15) is 9.90 Å². The lowest BCUT2D eigenvalue weighted by molar-refractivity contribution is 0.102. The predicted octanol–water partition coefficient (Wildman–Crippen LogP) is 4.15. The Morgan fingerprint density at radius 1 is 1.24 bits per heavy atom. The molecule has 0 radical (unpaired) electrons. The number of aromatic nitrogens is 4. The number of aliphatic hydroxyl groups is 1. The first kappa shape index (κ1) is 24.9. The fourth-order valence-corrected chi connectivity index (χ4v) is 4.68. The van der Waals surface area contributed by atoms with Crippen LogP contribution in [0.5, 0.6) is 0 Å². The lowest BCUT2D eigenvalue weighted by atomic mass is 10.0. The van der Waals surface area contributed by atoms with E-state index >= 15 is 0 Å². The third kappa shape index (κ3) is 5.79. The Morgan fingerprint density at radius 2 is 2.11 bits per heavy atom. The first-order valence-electron chi connectivity index (χ1n) is 12.8. The highest BCUT2D eigenvalue weighted by Crippen LogP contribution is 2.23. The molecule has 4 aromatic rings. The molecule has 0 aliphatic carbocycles. The van der Waals surface area contributed by atoms with E-state index in [0.717, 1.165) is 48.4 Å². The summed E-state index contributed by atoms with van der Waals surface area (Å²) in [6.45, 7) is 9.25. The second kappa shape index (κ2) is 10.7. The summed E-state index contributed by atoms with van der Waals surface area (Å²) in [5, 5.41) is 20.6. The number of aliphatic hydroxyl groups excluding tert-OH is 1. The number of benzene rings is 2. The van der Waals surface area contributed by atoms with Crippen LogP contribution in [0.25, 0.3) is 11.2 Å². The van der Waals surface area contributed by atoms with E-state index < -0.39 is 0 Å². The fourth-order valence-electron chi connectivity index (χ4n) is 4.68. The number of nitrogens with one attached hydrogen (secondary N) is 2. The van der Waals surface area contributed by atoms with Gasteiger partial charge in [0.2, 0.25) is 5.65 Å². The molecule has 3 heterocycles. The van der Waals surface area contributed by atoms with Gasteiger partial charge in [0.1, 0.15) is 11.3 Å². The molecule has 2 aromatic heterocycles. The molecule has 1 amide bonds. The molecular formula is C28H33N7O2. The highest BCUT2D eigenvalue weighted by atomic mass is 16.3. The van der Waals surface area contributed by atoms with Gasteiger partial charge in [0, 0.05) is 37.4 Å². The molecule has 2 aromatic carbocycles. The van der Waals surface area contributed by atoms with Crippen LogP contribution in [0, 0.1) is 6.92 Å². The first-order valence-corrected chi connectivity index (χ1v) is 12.8. The number of likely N-dealkylation sites (tertiary alicyclic amines) is 1. The minimum absolute atomic E-state index is 0.0532. The molecule has 2 atom stereocenters. The maximum absolute atomic E-state index is 13.0. The lowest BCUT2D eigenvalue weighted by Crippen LogP contribution is -2.22. The van der Waals surface area contributed by atoms with E-state index in [0.29, 0.717) is 23.6 Å². The quantitative estimate of drug-likeness (QED) is 0.334. The number of amides is 1. The van der Waals surface area contributed by atoms with E-state index in [1.807, 2.05) is 74.1 Å². The van der Waals surface area contributed by atoms with E-state index in [4.69, 9.17) is 0 Å². The van der Waals surface area contributed by atoms with E-state index in [2.05, 4.69) is 30.6 Å². The Morgan fingerprint density at radius 3 is 2.86 bits per heavy atom. The van der Waals surface area contributed by atoms with Gasteiger partial charge in [0.05, 0.1) is 24.5 Å². The molecule has 192 valence electrons. The molecule has 9 nitrogen and oxygen atoms in total. The SMILES string of the molecule is CCn1cc2ncc(N[C@@H](C)c3cccc(NC(=O)c4ccc(CN5CC[C@@H](O)C5)c(C)c4)c3)nc2n1. The van der Waals surface area contributed by atoms with Gasteiger partial charge in [-0.15, -0.1) is 0 Å². The van der Waals surface area contributed by atoms with E-state index in [1.165, 1.54) is 5.56 Å². The summed E-state index contributed by atoms with van der Waals surface area (Å²) < 4.78 is 1.82. The average Bonchev–Trinajstić information content (AvgIpc) is 3.50. The zero-order valence-corrected chi connectivity index (χ0v) is 21.5. The van der Waals surface area contributed by atoms with Crippen LogP contribution in [0.2, 0.25) is 0 Å². The van der Waals surface area contributed by atoms with Crippen LogP contribution in [0.4, 0.5) is 11.5 Å². The van der Waals surface area contributed by atoms with Gasteiger partial charge in [-0.2, -0.15) is 5.10 Å². The van der Waals surface area contributed by atoms with Crippen LogP contribution in [0.1, 0.15) is 53.4 Å². The molecule has 1 saturated heterocycles. The molecule has 0 spiro atoms. The van der Waals surface area contributed by atoms with Crippen molar-refractivity contribution in [2.75, 3.05) is 23.7 Å². The van der Waals surface area contributed by atoms with E-state index in [1.54, 1.807) is 6.20 Å². The number of carbonyl (C=O) groups excluding carboxylic acids is 1. The molecule has 1 fully saturated rings. The molecule has 3 N–H and O–H groups in total. The highest BCUT2D eigenvalue weighted by molar-refractivity contribution is 6.04. The van der Waals surface area contributed by atoms with Crippen LogP contribution < -0.4 is 10.6 Å². The van der Waals surface area contributed by atoms with Gasteiger partial charge in [-0.3, -0.25) is 14.4 Å². The summed E-state index contributed by atoms with van der Waals surface area (Å²) in [5.41, 5.74) is 5.99. The molecule has 1 aliphatic rings. The number of hydrogen-bond donors (Lipinski definition) is 3. The van der Waals surface area contributed by atoms with Crippen molar-refractivity contribution in [2.24, 2.45) is 0 Å². The van der Waals surface area contributed by atoms with Crippen LogP contribution in [0.3, 0.4) is 0 Å². The minimum atomic E-state index is -0.235. The number of rotatable bonds is 8. The number of aryl methyl sites for hydroxylation is 2. The van der Waals surface area contributed by atoms with Gasteiger partial charge >= 0.3 is 0 Å². The van der Waals surface area contributed by atoms with Crippen LogP contribution in [-0.4, -0.2) is 54.9 Å². The zero-order valence-electron chi connectivity index (χ0n) is 21.5. The van der Waals surface area contributed by atoms with Crippen molar-refractivity contribution in [1.82, 2.24) is 24.6 Å². The Labute approximate surface area is 216 Å². The topological polar surface area (TPSA) is 108 Å². The largest absolute Gasteiger partial charge is 0.392 e. The number of nitrogens with zero attached hydrogens (tertiary/aromatic N) is 5. The van der Waals surface area contributed by atoms with Crippen molar-refractivity contribution in [3.8, 4) is 0 Å². The number of carbonyl (C=O) groups is 1. The smallest absolute Gasteiger partial charge is 0.255 e. The summed E-state index contributed by atoms with van der Waals surface area (Å²) >= 11 is 0. The molecule has 0 bridgehead atoms. The third-order valence-electron chi connectivity index (χ3n) is 6.85. The number of β-amino-alcohol motifs (C(OH)–C–C–N with tert-alkyl or cyclic N) is 1. The average molecular weight is 500 g/mol.